The monoisotopic (exact) mass is 234 g/mol. The maximum absolute atomic E-state index is 4.27. The lowest BCUT2D eigenvalue weighted by Gasteiger charge is -2.05. The average Bonchev–Trinajstić information content (AvgIpc) is 2.36. The van der Waals surface area contributed by atoms with E-state index >= 15 is 0 Å². The first-order valence-electron chi connectivity index (χ1n) is 3.50. The number of hydrogen-bond donors (Lipinski definition) is 1. The lowest BCUT2D eigenvalue weighted by molar-refractivity contribution is 0.674. The summed E-state index contributed by atoms with van der Waals surface area (Å²) in [6.07, 6.45) is 1.85. The van der Waals surface area contributed by atoms with Crippen LogP contribution in [0.1, 0.15) is 17.8 Å². The molecule has 0 amide bonds. The predicted octanol–water partition coefficient (Wildman–Crippen LogP) is 2.23. The van der Waals surface area contributed by atoms with Gasteiger partial charge in [-0.1, -0.05) is 6.92 Å². The van der Waals surface area contributed by atoms with Gasteiger partial charge in [0.05, 0.1) is 15.0 Å². The Kier molecular flexibility index (Phi) is 3.48. The zero-order chi connectivity index (χ0) is 8.27. The van der Waals surface area contributed by atoms with Crippen molar-refractivity contribution in [2.24, 2.45) is 0 Å². The maximum atomic E-state index is 4.27. The van der Waals surface area contributed by atoms with Gasteiger partial charge in [-0.3, -0.25) is 0 Å². The van der Waals surface area contributed by atoms with Gasteiger partial charge in [0.15, 0.2) is 0 Å². The number of thiazole rings is 1. The van der Waals surface area contributed by atoms with E-state index in [-0.39, 0.29) is 0 Å². The molecule has 0 aliphatic carbocycles. The maximum Gasteiger partial charge on any atom is 0.0977 e. The Morgan fingerprint density at radius 3 is 3.00 bits per heavy atom. The van der Waals surface area contributed by atoms with Gasteiger partial charge in [-0.2, -0.15) is 0 Å². The standard InChI is InChI=1S/C7H11BrN2S/c1-5(3-9-2)7-10-4-6(8)11-7/h4-5,9H,3H2,1-2H3. The Labute approximate surface area is 79.2 Å². The number of nitrogens with one attached hydrogen (secondary N) is 1. The second-order valence-corrected chi connectivity index (χ2v) is 4.90. The molecule has 1 unspecified atom stereocenters. The number of aromatic nitrogens is 1. The van der Waals surface area contributed by atoms with E-state index in [9.17, 15) is 0 Å². The third kappa shape index (κ3) is 2.54. The van der Waals surface area contributed by atoms with E-state index in [0.29, 0.717) is 5.92 Å². The van der Waals surface area contributed by atoms with Crippen LogP contribution in [0.25, 0.3) is 0 Å². The normalized spacial score (nSPS) is 13.4. The Morgan fingerprint density at radius 1 is 1.82 bits per heavy atom. The Hall–Kier alpha value is 0.0700. The fourth-order valence-corrected chi connectivity index (χ4v) is 2.18. The molecule has 1 heterocycles. The molecule has 0 aromatic carbocycles. The van der Waals surface area contributed by atoms with Crippen LogP contribution in [0.3, 0.4) is 0 Å². The molecule has 0 fully saturated rings. The predicted molar refractivity (Wildman–Crippen MR) is 52.2 cm³/mol. The topological polar surface area (TPSA) is 24.9 Å². The van der Waals surface area contributed by atoms with Gasteiger partial charge in [0.1, 0.15) is 0 Å². The molecule has 62 valence electrons. The highest BCUT2D eigenvalue weighted by Crippen LogP contribution is 2.24. The van der Waals surface area contributed by atoms with Gasteiger partial charge in [0.25, 0.3) is 0 Å². The summed E-state index contributed by atoms with van der Waals surface area (Å²) in [6.45, 7) is 3.15. The van der Waals surface area contributed by atoms with Crippen molar-refractivity contribution in [2.75, 3.05) is 13.6 Å². The number of nitrogens with zero attached hydrogens (tertiary/aromatic N) is 1. The number of halogens is 1. The molecule has 1 aromatic rings. The third-order valence-electron chi connectivity index (χ3n) is 1.43. The van der Waals surface area contributed by atoms with Crippen molar-refractivity contribution in [1.82, 2.24) is 10.3 Å². The van der Waals surface area contributed by atoms with Crippen molar-refractivity contribution in [3.8, 4) is 0 Å². The molecule has 1 rings (SSSR count). The molecule has 0 bridgehead atoms. The van der Waals surface area contributed by atoms with Crippen molar-refractivity contribution in [3.05, 3.63) is 15.0 Å². The van der Waals surface area contributed by atoms with Gasteiger partial charge >= 0.3 is 0 Å². The highest BCUT2D eigenvalue weighted by atomic mass is 79.9. The van der Waals surface area contributed by atoms with Crippen LogP contribution >= 0.6 is 27.3 Å². The molecule has 2 nitrogen and oxygen atoms in total. The SMILES string of the molecule is CNCC(C)c1ncc(Br)s1. The summed E-state index contributed by atoms with van der Waals surface area (Å²) >= 11 is 5.09. The van der Waals surface area contributed by atoms with Crippen LogP contribution in [-0.4, -0.2) is 18.6 Å². The largest absolute Gasteiger partial charge is 0.319 e. The summed E-state index contributed by atoms with van der Waals surface area (Å²) in [5.41, 5.74) is 0. The highest BCUT2D eigenvalue weighted by molar-refractivity contribution is 9.11. The lowest BCUT2D eigenvalue weighted by atomic mass is 10.2. The third-order valence-corrected chi connectivity index (χ3v) is 3.13. The van der Waals surface area contributed by atoms with Gasteiger partial charge in [-0.05, 0) is 23.0 Å². The van der Waals surface area contributed by atoms with Gasteiger partial charge < -0.3 is 5.32 Å². The van der Waals surface area contributed by atoms with Crippen molar-refractivity contribution >= 4 is 27.3 Å². The fourth-order valence-electron chi connectivity index (χ4n) is 0.888. The summed E-state index contributed by atoms with van der Waals surface area (Å²) in [6, 6.07) is 0. The van der Waals surface area contributed by atoms with E-state index in [1.54, 1.807) is 11.3 Å². The number of likely N-dealkylation sites (N-methyl/N-ethyl adjacent to an activating group) is 1. The van der Waals surface area contributed by atoms with Gasteiger partial charge in [-0.15, -0.1) is 11.3 Å². The van der Waals surface area contributed by atoms with Crippen LogP contribution in [0.5, 0.6) is 0 Å². The van der Waals surface area contributed by atoms with Crippen LogP contribution in [-0.2, 0) is 0 Å². The second kappa shape index (κ2) is 4.18. The van der Waals surface area contributed by atoms with E-state index in [4.69, 9.17) is 0 Å². The molecule has 4 heteroatoms. The van der Waals surface area contributed by atoms with Crippen molar-refractivity contribution in [3.63, 3.8) is 0 Å². The minimum atomic E-state index is 0.510. The molecule has 0 saturated heterocycles. The molecule has 11 heavy (non-hydrogen) atoms. The molecule has 0 spiro atoms. The Balaban J connectivity index is 2.60. The molecule has 0 aliphatic heterocycles. The highest BCUT2D eigenvalue weighted by Gasteiger charge is 2.07. The summed E-state index contributed by atoms with van der Waals surface area (Å²) in [5.74, 6) is 0.510. The smallest absolute Gasteiger partial charge is 0.0977 e. The van der Waals surface area contributed by atoms with E-state index in [2.05, 4.69) is 33.2 Å². The van der Waals surface area contributed by atoms with E-state index in [0.717, 1.165) is 10.3 Å². The van der Waals surface area contributed by atoms with E-state index < -0.39 is 0 Å². The lowest BCUT2D eigenvalue weighted by Crippen LogP contribution is -2.14. The Morgan fingerprint density at radius 2 is 2.55 bits per heavy atom. The minimum Gasteiger partial charge on any atom is -0.319 e. The average molecular weight is 235 g/mol. The summed E-state index contributed by atoms with van der Waals surface area (Å²) in [5, 5.41) is 4.31. The summed E-state index contributed by atoms with van der Waals surface area (Å²) < 4.78 is 1.11. The van der Waals surface area contributed by atoms with Crippen molar-refractivity contribution in [1.29, 1.82) is 0 Å². The van der Waals surface area contributed by atoms with Crippen LogP contribution in [0, 0.1) is 0 Å². The van der Waals surface area contributed by atoms with E-state index in [1.165, 1.54) is 5.01 Å². The van der Waals surface area contributed by atoms with Crippen molar-refractivity contribution in [2.45, 2.75) is 12.8 Å². The minimum absolute atomic E-state index is 0.510. The molecule has 0 radical (unpaired) electrons. The summed E-state index contributed by atoms with van der Waals surface area (Å²) in [7, 11) is 1.96. The second-order valence-electron chi connectivity index (χ2n) is 2.46. The van der Waals surface area contributed by atoms with Crippen LogP contribution in [0.2, 0.25) is 0 Å². The zero-order valence-electron chi connectivity index (χ0n) is 6.60. The molecular weight excluding hydrogens is 224 g/mol. The molecule has 0 aliphatic rings. The molecule has 1 N–H and O–H groups in total. The van der Waals surface area contributed by atoms with Gasteiger partial charge in [0, 0.05) is 12.5 Å². The fraction of sp³-hybridized carbons (Fsp3) is 0.571. The quantitative estimate of drug-likeness (QED) is 0.868. The molecule has 1 atom stereocenters. The zero-order valence-corrected chi connectivity index (χ0v) is 9.00. The van der Waals surface area contributed by atoms with Gasteiger partial charge in [-0.25, -0.2) is 4.98 Å². The first kappa shape index (κ1) is 9.16. The molecular formula is C7H11BrN2S. The molecule has 0 saturated carbocycles. The van der Waals surface area contributed by atoms with E-state index in [1.807, 2.05) is 13.2 Å². The summed E-state index contributed by atoms with van der Waals surface area (Å²) in [4.78, 5) is 4.27. The van der Waals surface area contributed by atoms with Crippen molar-refractivity contribution < 1.29 is 0 Å². The van der Waals surface area contributed by atoms with Crippen LogP contribution in [0.15, 0.2) is 9.98 Å². The van der Waals surface area contributed by atoms with Gasteiger partial charge in [0.2, 0.25) is 0 Å². The number of hydrogen-bond acceptors (Lipinski definition) is 3. The molecule has 1 aromatic heterocycles. The first-order chi connectivity index (χ1) is 5.24. The first-order valence-corrected chi connectivity index (χ1v) is 5.11. The Bertz CT molecular complexity index is 224. The van der Waals surface area contributed by atoms with Crippen LogP contribution in [0.4, 0.5) is 0 Å². The number of rotatable bonds is 3. The van der Waals surface area contributed by atoms with Crippen LogP contribution < -0.4 is 5.32 Å².